The van der Waals surface area contributed by atoms with Crippen molar-refractivity contribution in [2.24, 2.45) is 5.73 Å². The molecule has 0 aliphatic rings. The van der Waals surface area contributed by atoms with E-state index in [-0.39, 0.29) is 6.04 Å². The summed E-state index contributed by atoms with van der Waals surface area (Å²) in [6, 6.07) is 0.0907. The quantitative estimate of drug-likeness (QED) is 0.698. The molecule has 0 spiro atoms. The Morgan fingerprint density at radius 2 is 2.38 bits per heavy atom. The van der Waals surface area contributed by atoms with Crippen LogP contribution in [0.15, 0.2) is 12.4 Å². The molecule has 0 aromatic carbocycles. The summed E-state index contributed by atoms with van der Waals surface area (Å²) in [6.45, 7) is 2.59. The molecule has 0 saturated carbocycles. The van der Waals surface area contributed by atoms with Gasteiger partial charge in [-0.05, 0) is 6.92 Å². The number of hydrogen-bond acceptors (Lipinski definition) is 5. The zero-order valence-electron chi connectivity index (χ0n) is 7.82. The first kappa shape index (κ1) is 9.73. The van der Waals surface area contributed by atoms with E-state index in [4.69, 9.17) is 10.5 Å². The van der Waals surface area contributed by atoms with Crippen LogP contribution >= 0.6 is 0 Å². The fourth-order valence-corrected chi connectivity index (χ4v) is 0.797. The molecule has 0 fully saturated rings. The lowest BCUT2D eigenvalue weighted by Crippen LogP contribution is -2.25. The van der Waals surface area contributed by atoms with Crippen molar-refractivity contribution in [2.75, 3.05) is 19.0 Å². The summed E-state index contributed by atoms with van der Waals surface area (Å²) < 4.78 is 4.92. The Hall–Kier alpha value is -1.36. The van der Waals surface area contributed by atoms with Crippen LogP contribution in [-0.2, 0) is 0 Å². The largest absolute Gasteiger partial charge is 0.480 e. The summed E-state index contributed by atoms with van der Waals surface area (Å²) in [7, 11) is 1.55. The molecule has 0 aliphatic heterocycles. The summed E-state index contributed by atoms with van der Waals surface area (Å²) in [4.78, 5) is 8.05. The average Bonchev–Trinajstić information content (AvgIpc) is 2.15. The van der Waals surface area contributed by atoms with E-state index in [1.807, 2.05) is 6.92 Å². The number of nitrogens with one attached hydrogen (secondary N) is 1. The maximum absolute atomic E-state index is 5.57. The van der Waals surface area contributed by atoms with Crippen molar-refractivity contribution in [2.45, 2.75) is 13.0 Å². The van der Waals surface area contributed by atoms with Crippen molar-refractivity contribution in [1.29, 1.82) is 0 Å². The molecule has 0 radical (unpaired) electrons. The minimum Gasteiger partial charge on any atom is -0.480 e. The Morgan fingerprint density at radius 1 is 1.62 bits per heavy atom. The van der Waals surface area contributed by atoms with Crippen LogP contribution in [0.2, 0.25) is 0 Å². The zero-order valence-corrected chi connectivity index (χ0v) is 7.82. The SMILES string of the molecule is COc1cncc(NCC(C)N)n1. The van der Waals surface area contributed by atoms with Crippen LogP contribution in [0.1, 0.15) is 6.92 Å². The van der Waals surface area contributed by atoms with Crippen LogP contribution in [0.3, 0.4) is 0 Å². The molecule has 1 aromatic heterocycles. The van der Waals surface area contributed by atoms with Crippen LogP contribution in [0.4, 0.5) is 5.82 Å². The third-order valence-electron chi connectivity index (χ3n) is 1.43. The second-order valence-corrected chi connectivity index (χ2v) is 2.80. The highest BCUT2D eigenvalue weighted by Crippen LogP contribution is 2.07. The Balaban J connectivity index is 2.56. The minimum absolute atomic E-state index is 0.0907. The van der Waals surface area contributed by atoms with Gasteiger partial charge in [0.2, 0.25) is 5.88 Å². The number of nitrogens with two attached hydrogens (primary N) is 1. The van der Waals surface area contributed by atoms with Crippen molar-refractivity contribution in [3.63, 3.8) is 0 Å². The Bertz CT molecular complexity index is 264. The molecule has 1 atom stereocenters. The third kappa shape index (κ3) is 3.25. The molecule has 0 saturated heterocycles. The fourth-order valence-electron chi connectivity index (χ4n) is 0.797. The molecule has 1 unspecified atom stereocenters. The van der Waals surface area contributed by atoms with Crippen molar-refractivity contribution < 1.29 is 4.74 Å². The van der Waals surface area contributed by atoms with E-state index in [1.54, 1.807) is 19.5 Å². The van der Waals surface area contributed by atoms with Gasteiger partial charge >= 0.3 is 0 Å². The van der Waals surface area contributed by atoms with Crippen molar-refractivity contribution in [3.8, 4) is 5.88 Å². The highest BCUT2D eigenvalue weighted by atomic mass is 16.5. The number of hydrogen-bond donors (Lipinski definition) is 2. The molecule has 0 amide bonds. The minimum atomic E-state index is 0.0907. The summed E-state index contributed by atoms with van der Waals surface area (Å²) in [5.41, 5.74) is 5.57. The molecule has 0 aliphatic carbocycles. The highest BCUT2D eigenvalue weighted by molar-refractivity contribution is 5.33. The number of nitrogens with zero attached hydrogens (tertiary/aromatic N) is 2. The van der Waals surface area contributed by atoms with Gasteiger partial charge < -0.3 is 15.8 Å². The summed E-state index contributed by atoms with van der Waals surface area (Å²) >= 11 is 0. The normalized spacial score (nSPS) is 12.2. The molecular formula is C8H14N4O. The van der Waals surface area contributed by atoms with Gasteiger partial charge in [0.25, 0.3) is 0 Å². The van der Waals surface area contributed by atoms with Gasteiger partial charge in [-0.25, -0.2) is 0 Å². The smallest absolute Gasteiger partial charge is 0.233 e. The van der Waals surface area contributed by atoms with Gasteiger partial charge in [-0.1, -0.05) is 0 Å². The average molecular weight is 182 g/mol. The van der Waals surface area contributed by atoms with Gasteiger partial charge in [0.15, 0.2) is 0 Å². The monoisotopic (exact) mass is 182 g/mol. The van der Waals surface area contributed by atoms with Crippen LogP contribution in [0.25, 0.3) is 0 Å². The maximum atomic E-state index is 5.57. The standard InChI is InChI=1S/C8H14N4O/c1-6(9)3-11-7-4-10-5-8(12-7)13-2/h4-6H,3,9H2,1-2H3,(H,11,12). The van der Waals surface area contributed by atoms with Crippen molar-refractivity contribution in [1.82, 2.24) is 9.97 Å². The van der Waals surface area contributed by atoms with Crippen molar-refractivity contribution in [3.05, 3.63) is 12.4 Å². The lowest BCUT2D eigenvalue weighted by atomic mass is 10.4. The maximum Gasteiger partial charge on any atom is 0.233 e. The van der Waals surface area contributed by atoms with Crippen LogP contribution in [-0.4, -0.2) is 29.7 Å². The molecule has 5 nitrogen and oxygen atoms in total. The third-order valence-corrected chi connectivity index (χ3v) is 1.43. The first-order chi connectivity index (χ1) is 6.22. The Kier molecular flexibility index (Phi) is 3.45. The van der Waals surface area contributed by atoms with E-state index in [0.717, 1.165) is 0 Å². The van der Waals surface area contributed by atoms with Crippen LogP contribution in [0, 0.1) is 0 Å². The van der Waals surface area contributed by atoms with E-state index in [0.29, 0.717) is 18.2 Å². The number of rotatable bonds is 4. The number of ether oxygens (including phenoxy) is 1. The van der Waals surface area contributed by atoms with E-state index >= 15 is 0 Å². The van der Waals surface area contributed by atoms with E-state index in [9.17, 15) is 0 Å². The van der Waals surface area contributed by atoms with Crippen LogP contribution in [0.5, 0.6) is 5.88 Å². The van der Waals surface area contributed by atoms with E-state index < -0.39 is 0 Å². The molecule has 5 heteroatoms. The topological polar surface area (TPSA) is 73.1 Å². The van der Waals surface area contributed by atoms with Gasteiger partial charge in [0, 0.05) is 12.6 Å². The van der Waals surface area contributed by atoms with Gasteiger partial charge in [0.1, 0.15) is 5.82 Å². The van der Waals surface area contributed by atoms with Gasteiger partial charge in [-0.3, -0.25) is 4.98 Å². The molecule has 3 N–H and O–H groups in total. The molecule has 13 heavy (non-hydrogen) atoms. The van der Waals surface area contributed by atoms with E-state index in [1.165, 1.54) is 0 Å². The van der Waals surface area contributed by atoms with Crippen LogP contribution < -0.4 is 15.8 Å². The van der Waals surface area contributed by atoms with Gasteiger partial charge in [0.05, 0.1) is 19.5 Å². The number of aromatic nitrogens is 2. The molecular weight excluding hydrogens is 168 g/mol. The molecule has 1 heterocycles. The molecule has 1 rings (SSSR count). The highest BCUT2D eigenvalue weighted by Gasteiger charge is 1.98. The molecule has 0 bridgehead atoms. The molecule has 1 aromatic rings. The first-order valence-electron chi connectivity index (χ1n) is 4.08. The predicted molar refractivity (Wildman–Crippen MR) is 50.7 cm³/mol. The lowest BCUT2D eigenvalue weighted by Gasteiger charge is -2.08. The Morgan fingerprint density at radius 3 is 3.00 bits per heavy atom. The fraction of sp³-hybridized carbons (Fsp3) is 0.500. The number of methoxy groups -OCH3 is 1. The first-order valence-corrected chi connectivity index (χ1v) is 4.08. The summed E-state index contributed by atoms with van der Waals surface area (Å²) in [6.07, 6.45) is 3.18. The second kappa shape index (κ2) is 4.61. The lowest BCUT2D eigenvalue weighted by molar-refractivity contribution is 0.396. The van der Waals surface area contributed by atoms with Gasteiger partial charge in [-0.15, -0.1) is 0 Å². The van der Waals surface area contributed by atoms with E-state index in [2.05, 4.69) is 15.3 Å². The molecule has 72 valence electrons. The Labute approximate surface area is 77.3 Å². The zero-order chi connectivity index (χ0) is 9.68. The number of anilines is 1. The second-order valence-electron chi connectivity index (χ2n) is 2.80. The van der Waals surface area contributed by atoms with Crippen molar-refractivity contribution >= 4 is 5.82 Å². The predicted octanol–water partition coefficient (Wildman–Crippen LogP) is 0.244. The summed E-state index contributed by atoms with van der Waals surface area (Å²) in [5, 5.41) is 3.04. The van der Waals surface area contributed by atoms with Gasteiger partial charge in [-0.2, -0.15) is 4.98 Å². The summed E-state index contributed by atoms with van der Waals surface area (Å²) in [5.74, 6) is 1.17.